The molecule has 3 rings (SSSR count). The highest BCUT2D eigenvalue weighted by atomic mass is 32.7. The molecule has 2 saturated heterocycles. The van der Waals surface area contributed by atoms with Gasteiger partial charge in [0.2, 0.25) is 0 Å². The lowest BCUT2D eigenvalue weighted by Crippen LogP contribution is -2.33. The summed E-state index contributed by atoms with van der Waals surface area (Å²) in [6.07, 6.45) is 1.56. The molecule has 3 amide bonds. The summed E-state index contributed by atoms with van der Waals surface area (Å²) in [4.78, 5) is 48.0. The fraction of sp³-hybridized carbons (Fsp3) is 0.600. The quantitative estimate of drug-likeness (QED) is 0.432. The first-order chi connectivity index (χ1) is 12.8. The van der Waals surface area contributed by atoms with Crippen LogP contribution in [0.4, 0.5) is 4.79 Å². The van der Waals surface area contributed by atoms with Crippen LogP contribution in [0.15, 0.2) is 21.9 Å². The highest BCUT2D eigenvalue weighted by molar-refractivity contribution is 8.54. The first-order valence-corrected chi connectivity index (χ1v) is 11.7. The van der Waals surface area contributed by atoms with Gasteiger partial charge >= 0.3 is 11.7 Å². The van der Waals surface area contributed by atoms with Crippen LogP contribution in [-0.2, 0) is 14.1 Å². The third-order valence-corrected chi connectivity index (χ3v) is 7.52. The summed E-state index contributed by atoms with van der Waals surface area (Å²) in [6.45, 7) is 4.28. The highest BCUT2D eigenvalue weighted by Crippen LogP contribution is 2.48. The van der Waals surface area contributed by atoms with Crippen LogP contribution in [0, 0.1) is 5.92 Å². The van der Waals surface area contributed by atoms with Crippen LogP contribution in [0.25, 0.3) is 0 Å². The molecule has 3 unspecified atom stereocenters. The third kappa shape index (κ3) is 4.98. The number of nitrogens with zero attached hydrogens (tertiary/aromatic N) is 1. The number of amides is 3. The summed E-state index contributed by atoms with van der Waals surface area (Å²) in [5.41, 5.74) is -0.936. The molecule has 3 heterocycles. The Morgan fingerprint density at radius 2 is 2.15 bits per heavy atom. The molecule has 2 fully saturated rings. The number of aromatic nitrogens is 2. The molecule has 5 atom stereocenters. The molecule has 0 saturated carbocycles. The van der Waals surface area contributed by atoms with E-state index >= 15 is 0 Å². The molecule has 3 N–H and O–H groups in total. The molecule has 12 heteroatoms. The second kappa shape index (κ2) is 8.55. The lowest BCUT2D eigenvalue weighted by molar-refractivity contribution is -0.119. The van der Waals surface area contributed by atoms with Gasteiger partial charge in [0.1, 0.15) is 12.3 Å². The standard InChI is InChI=1S/C15H21N4O6PS/c1-8-5-9(25-13(8)19-4-3-11(20)17-15(19)23)6-24-26(2)27-7-10-12(21)18-14(22)16-10/h3-4,8-10,13H,5-7H2,1-2H3,(H,17,20,23)(H2,16,18,21,22)/t8?,9?,10-,13+,26?/m0/s1. The Bertz CT molecular complexity index is 829. The fourth-order valence-electron chi connectivity index (χ4n) is 2.97. The zero-order valence-electron chi connectivity index (χ0n) is 14.8. The molecule has 1 aromatic heterocycles. The van der Waals surface area contributed by atoms with Gasteiger partial charge < -0.3 is 14.6 Å². The van der Waals surface area contributed by atoms with Crippen molar-refractivity contribution in [2.24, 2.45) is 5.92 Å². The van der Waals surface area contributed by atoms with Gasteiger partial charge in [0.15, 0.2) is 0 Å². The number of hydrogen-bond donors (Lipinski definition) is 3. The number of aromatic amines is 1. The summed E-state index contributed by atoms with van der Waals surface area (Å²) in [5.74, 6) is 0.213. The van der Waals surface area contributed by atoms with Crippen LogP contribution in [0.1, 0.15) is 19.6 Å². The van der Waals surface area contributed by atoms with Crippen molar-refractivity contribution in [3.8, 4) is 0 Å². The number of hydrogen-bond acceptors (Lipinski definition) is 7. The summed E-state index contributed by atoms with van der Waals surface area (Å²) < 4.78 is 13.2. The molecule has 10 nitrogen and oxygen atoms in total. The van der Waals surface area contributed by atoms with E-state index in [0.29, 0.717) is 12.4 Å². The van der Waals surface area contributed by atoms with Crippen molar-refractivity contribution in [2.75, 3.05) is 19.0 Å². The highest BCUT2D eigenvalue weighted by Gasteiger charge is 2.35. The number of carbonyl (C=O) groups excluding carboxylic acids is 2. The van der Waals surface area contributed by atoms with E-state index in [9.17, 15) is 19.2 Å². The van der Waals surface area contributed by atoms with Crippen molar-refractivity contribution < 1.29 is 18.8 Å². The summed E-state index contributed by atoms with van der Waals surface area (Å²) in [6, 6.07) is 0.292. The minimum absolute atomic E-state index is 0.0929. The van der Waals surface area contributed by atoms with E-state index in [0.717, 1.165) is 6.42 Å². The molecular weight excluding hydrogens is 395 g/mol. The molecular formula is C15H21N4O6PS. The van der Waals surface area contributed by atoms with Crippen molar-refractivity contribution in [1.82, 2.24) is 20.2 Å². The predicted molar refractivity (Wildman–Crippen MR) is 101 cm³/mol. The first kappa shape index (κ1) is 20.1. The van der Waals surface area contributed by atoms with Crippen molar-refractivity contribution in [1.29, 1.82) is 0 Å². The monoisotopic (exact) mass is 416 g/mol. The average molecular weight is 416 g/mol. The normalized spacial score (nSPS) is 28.8. The Morgan fingerprint density at radius 3 is 2.81 bits per heavy atom. The second-order valence-electron chi connectivity index (χ2n) is 6.43. The molecule has 2 aliphatic heterocycles. The number of carbonyl (C=O) groups is 2. The first-order valence-electron chi connectivity index (χ1n) is 8.41. The average Bonchev–Trinajstić information content (AvgIpc) is 3.12. The Labute approximate surface area is 160 Å². The molecule has 148 valence electrons. The van der Waals surface area contributed by atoms with E-state index in [1.807, 2.05) is 13.6 Å². The van der Waals surface area contributed by atoms with E-state index in [1.165, 1.54) is 28.2 Å². The fourth-order valence-corrected chi connectivity index (χ4v) is 5.50. The molecule has 2 aliphatic rings. The Hall–Kier alpha value is -1.68. The molecule has 0 bridgehead atoms. The second-order valence-corrected chi connectivity index (χ2v) is 10.5. The molecule has 27 heavy (non-hydrogen) atoms. The Balaban J connectivity index is 1.46. The number of nitrogens with one attached hydrogen (secondary N) is 3. The minimum Gasteiger partial charge on any atom is -0.352 e. The van der Waals surface area contributed by atoms with Gasteiger partial charge in [0.25, 0.3) is 11.5 Å². The van der Waals surface area contributed by atoms with Gasteiger partial charge in [-0.25, -0.2) is 9.59 Å². The van der Waals surface area contributed by atoms with Crippen LogP contribution in [0.3, 0.4) is 0 Å². The van der Waals surface area contributed by atoms with E-state index < -0.39 is 36.9 Å². The summed E-state index contributed by atoms with van der Waals surface area (Å²) >= 11 is 1.48. The van der Waals surface area contributed by atoms with Crippen molar-refractivity contribution in [3.05, 3.63) is 33.1 Å². The maximum Gasteiger partial charge on any atom is 0.330 e. The summed E-state index contributed by atoms with van der Waals surface area (Å²) in [7, 11) is -0.850. The van der Waals surface area contributed by atoms with Crippen molar-refractivity contribution in [3.63, 3.8) is 0 Å². The smallest absolute Gasteiger partial charge is 0.330 e. The third-order valence-electron chi connectivity index (χ3n) is 4.30. The lowest BCUT2D eigenvalue weighted by atomic mass is 10.1. The van der Waals surface area contributed by atoms with E-state index in [4.69, 9.17) is 9.26 Å². The van der Waals surface area contributed by atoms with Gasteiger partial charge in [-0.2, -0.15) is 0 Å². The topological polar surface area (TPSA) is 132 Å². The zero-order valence-corrected chi connectivity index (χ0v) is 16.5. The van der Waals surface area contributed by atoms with E-state index in [2.05, 4.69) is 15.6 Å². The zero-order chi connectivity index (χ0) is 19.6. The molecule has 0 spiro atoms. The van der Waals surface area contributed by atoms with Crippen LogP contribution in [0.5, 0.6) is 0 Å². The molecule has 1 aromatic rings. The maximum atomic E-state index is 11.9. The number of H-pyrrole nitrogens is 1. The van der Waals surface area contributed by atoms with Gasteiger partial charge in [0.05, 0.1) is 20.1 Å². The Morgan fingerprint density at radius 1 is 1.37 bits per heavy atom. The minimum atomic E-state index is -0.850. The van der Waals surface area contributed by atoms with Crippen LogP contribution in [-0.4, -0.2) is 52.7 Å². The van der Waals surface area contributed by atoms with E-state index in [-0.39, 0.29) is 17.9 Å². The van der Waals surface area contributed by atoms with Gasteiger partial charge in [-0.1, -0.05) is 6.92 Å². The maximum absolute atomic E-state index is 11.9. The number of ether oxygens (including phenoxy) is 1. The van der Waals surface area contributed by atoms with Crippen molar-refractivity contribution in [2.45, 2.75) is 31.7 Å². The lowest BCUT2D eigenvalue weighted by Gasteiger charge is -2.19. The number of rotatable bonds is 7. The number of imide groups is 1. The SMILES string of the molecule is CC1CC(COP(C)SC[C@@H]2NC(=O)NC2=O)O[C@H]1n1ccc(=O)[nH]c1=O. The van der Waals surface area contributed by atoms with E-state index in [1.54, 1.807) is 0 Å². The van der Waals surface area contributed by atoms with Crippen LogP contribution in [0.2, 0.25) is 0 Å². The number of urea groups is 1. The van der Waals surface area contributed by atoms with Crippen LogP contribution >= 0.6 is 18.7 Å². The van der Waals surface area contributed by atoms with Gasteiger partial charge in [0, 0.05) is 23.9 Å². The predicted octanol–water partition coefficient (Wildman–Crippen LogP) is 0.360. The Kier molecular flexibility index (Phi) is 6.36. The molecule has 0 aliphatic carbocycles. The largest absolute Gasteiger partial charge is 0.352 e. The van der Waals surface area contributed by atoms with Crippen LogP contribution < -0.4 is 21.9 Å². The summed E-state index contributed by atoms with van der Waals surface area (Å²) in [5, 5.41) is 4.74. The van der Waals surface area contributed by atoms with Gasteiger partial charge in [-0.15, -0.1) is 11.4 Å². The van der Waals surface area contributed by atoms with Crippen molar-refractivity contribution >= 4 is 30.7 Å². The van der Waals surface area contributed by atoms with Gasteiger partial charge in [-0.05, 0) is 13.1 Å². The molecule has 0 radical (unpaired) electrons. The van der Waals surface area contributed by atoms with Gasteiger partial charge in [-0.3, -0.25) is 24.5 Å². The molecule has 0 aromatic carbocycles.